The number of nitrogens with one attached hydrogen (secondary N) is 1. The molecule has 2 heterocycles. The number of furan rings is 1. The normalized spacial score (nSPS) is 12.0. The van der Waals surface area contributed by atoms with Crippen LogP contribution in [0.4, 0.5) is 5.82 Å². The van der Waals surface area contributed by atoms with Crippen LogP contribution >= 0.6 is 11.6 Å². The molecule has 2 aromatic heterocycles. The van der Waals surface area contributed by atoms with E-state index < -0.39 is 0 Å². The number of rotatable bonds is 3. The summed E-state index contributed by atoms with van der Waals surface area (Å²) in [7, 11) is 0. The summed E-state index contributed by atoms with van der Waals surface area (Å²) >= 11 is 5.87. The Kier molecular flexibility index (Phi) is 3.51. The maximum atomic E-state index is 8.95. The fourth-order valence-corrected chi connectivity index (χ4v) is 2.26. The Bertz CT molecular complexity index is 802. The van der Waals surface area contributed by atoms with Gasteiger partial charge in [-0.15, -0.1) is 0 Å². The van der Waals surface area contributed by atoms with Crippen LogP contribution in [0.25, 0.3) is 11.0 Å². The number of anilines is 1. The summed E-state index contributed by atoms with van der Waals surface area (Å²) < 4.78 is 5.80. The molecule has 0 saturated carbocycles. The molecule has 0 saturated heterocycles. The highest BCUT2D eigenvalue weighted by molar-refractivity contribution is 6.31. The highest BCUT2D eigenvalue weighted by Gasteiger charge is 2.12. The average Bonchev–Trinajstić information content (AvgIpc) is 2.93. The van der Waals surface area contributed by atoms with E-state index in [1.807, 2.05) is 43.3 Å². The Morgan fingerprint density at radius 1 is 1.29 bits per heavy atom. The summed E-state index contributed by atoms with van der Waals surface area (Å²) in [6, 6.07) is 15.1. The molecule has 0 aliphatic heterocycles. The maximum absolute atomic E-state index is 8.95. The Hall–Kier alpha value is -2.51. The molecule has 104 valence electrons. The molecule has 1 atom stereocenters. The quantitative estimate of drug-likeness (QED) is 0.771. The number of pyridine rings is 1. The predicted octanol–water partition coefficient (Wildman–Crippen LogP) is 4.53. The van der Waals surface area contributed by atoms with Crippen molar-refractivity contribution >= 4 is 28.4 Å². The predicted molar refractivity (Wildman–Crippen MR) is 82.2 cm³/mol. The molecule has 1 aromatic carbocycles. The van der Waals surface area contributed by atoms with E-state index in [1.165, 1.54) is 0 Å². The first-order valence-electron chi connectivity index (χ1n) is 6.49. The fourth-order valence-electron chi connectivity index (χ4n) is 2.11. The number of fused-ring (bicyclic) bond motifs is 1. The molecule has 1 N–H and O–H groups in total. The molecule has 0 aliphatic rings. The number of hydrogen-bond donors (Lipinski definition) is 1. The van der Waals surface area contributed by atoms with E-state index in [1.54, 1.807) is 12.1 Å². The molecule has 21 heavy (non-hydrogen) atoms. The molecule has 3 aromatic rings. The second kappa shape index (κ2) is 5.47. The van der Waals surface area contributed by atoms with Gasteiger partial charge in [-0.3, -0.25) is 0 Å². The van der Waals surface area contributed by atoms with Crippen molar-refractivity contribution in [3.8, 4) is 6.07 Å². The first kappa shape index (κ1) is 13.5. The summed E-state index contributed by atoms with van der Waals surface area (Å²) in [4.78, 5) is 4.16. The first-order chi connectivity index (χ1) is 10.2. The van der Waals surface area contributed by atoms with Gasteiger partial charge in [0.25, 0.3) is 0 Å². The molecular formula is C16H12ClN3O. The van der Waals surface area contributed by atoms with E-state index in [-0.39, 0.29) is 11.7 Å². The zero-order valence-electron chi connectivity index (χ0n) is 11.3. The lowest BCUT2D eigenvalue weighted by Crippen LogP contribution is -2.07. The minimum absolute atomic E-state index is 0.0716. The van der Waals surface area contributed by atoms with E-state index >= 15 is 0 Å². The average molecular weight is 298 g/mol. The third kappa shape index (κ3) is 2.69. The molecule has 4 nitrogen and oxygen atoms in total. The number of hydrogen-bond acceptors (Lipinski definition) is 4. The van der Waals surface area contributed by atoms with Crippen LogP contribution < -0.4 is 5.32 Å². The van der Waals surface area contributed by atoms with Crippen molar-refractivity contribution in [1.82, 2.24) is 4.98 Å². The van der Waals surface area contributed by atoms with Gasteiger partial charge < -0.3 is 9.73 Å². The van der Waals surface area contributed by atoms with Gasteiger partial charge in [0.05, 0.1) is 11.1 Å². The number of nitrogens with zero attached hydrogens (tertiary/aromatic N) is 2. The van der Waals surface area contributed by atoms with Gasteiger partial charge >= 0.3 is 0 Å². The zero-order chi connectivity index (χ0) is 14.8. The summed E-state index contributed by atoms with van der Waals surface area (Å²) in [5.74, 6) is 1.40. The molecule has 0 spiro atoms. The van der Waals surface area contributed by atoms with Gasteiger partial charge in [-0.25, -0.2) is 4.98 Å². The molecule has 0 aliphatic carbocycles. The third-order valence-electron chi connectivity index (χ3n) is 3.19. The van der Waals surface area contributed by atoms with Gasteiger partial charge in [0.2, 0.25) is 0 Å². The second-order valence-electron chi connectivity index (χ2n) is 4.69. The molecule has 3 rings (SSSR count). The van der Waals surface area contributed by atoms with Gasteiger partial charge in [0.15, 0.2) is 5.69 Å². The summed E-state index contributed by atoms with van der Waals surface area (Å²) in [6.45, 7) is 1.97. The van der Waals surface area contributed by atoms with Crippen LogP contribution in [0, 0.1) is 11.3 Å². The van der Waals surface area contributed by atoms with Gasteiger partial charge in [-0.2, -0.15) is 5.26 Å². The largest absolute Gasteiger partial charge is 0.459 e. The van der Waals surface area contributed by atoms with Crippen LogP contribution in [-0.4, -0.2) is 4.98 Å². The lowest BCUT2D eigenvalue weighted by Gasteiger charge is -2.12. The highest BCUT2D eigenvalue weighted by Crippen LogP contribution is 2.26. The molecule has 0 amide bonds. The van der Waals surface area contributed by atoms with Crippen LogP contribution in [0.2, 0.25) is 5.02 Å². The minimum Gasteiger partial charge on any atom is -0.459 e. The number of aromatic nitrogens is 1. The Morgan fingerprint density at radius 2 is 2.10 bits per heavy atom. The van der Waals surface area contributed by atoms with Gasteiger partial charge in [-0.05, 0) is 31.2 Å². The third-order valence-corrected chi connectivity index (χ3v) is 3.49. The minimum atomic E-state index is -0.0716. The van der Waals surface area contributed by atoms with E-state index in [0.717, 1.165) is 16.7 Å². The molecule has 0 bridgehead atoms. The Morgan fingerprint density at radius 3 is 2.86 bits per heavy atom. The zero-order valence-corrected chi connectivity index (χ0v) is 12.1. The molecular weight excluding hydrogens is 286 g/mol. The molecule has 5 heteroatoms. The van der Waals surface area contributed by atoms with Crippen LogP contribution in [0.1, 0.15) is 24.4 Å². The molecule has 0 unspecified atom stereocenters. The van der Waals surface area contributed by atoms with Crippen molar-refractivity contribution in [3.63, 3.8) is 0 Å². The van der Waals surface area contributed by atoms with Crippen molar-refractivity contribution in [2.45, 2.75) is 13.0 Å². The van der Waals surface area contributed by atoms with Crippen LogP contribution in [0.15, 0.2) is 46.9 Å². The summed E-state index contributed by atoms with van der Waals surface area (Å²) in [5.41, 5.74) is 1.06. The number of nitriles is 1. The lowest BCUT2D eigenvalue weighted by molar-refractivity contribution is 0.525. The fraction of sp³-hybridized carbons (Fsp3) is 0.125. The topological polar surface area (TPSA) is 61.9 Å². The second-order valence-corrected chi connectivity index (χ2v) is 5.10. The van der Waals surface area contributed by atoms with Crippen LogP contribution in [0.3, 0.4) is 0 Å². The van der Waals surface area contributed by atoms with Gasteiger partial charge in [-0.1, -0.05) is 29.8 Å². The summed E-state index contributed by atoms with van der Waals surface area (Å²) in [6.07, 6.45) is 0. The highest BCUT2D eigenvalue weighted by atomic mass is 35.5. The van der Waals surface area contributed by atoms with Crippen molar-refractivity contribution in [3.05, 3.63) is 58.9 Å². The van der Waals surface area contributed by atoms with E-state index in [9.17, 15) is 0 Å². The van der Waals surface area contributed by atoms with Crippen molar-refractivity contribution in [2.24, 2.45) is 0 Å². The standard InChI is InChI=1S/C16H12ClN3O/c1-10(15-8-11-4-2-3-5-14(11)21-15)19-16-7-6-12(17)13(9-18)20-16/h2-8,10H,1H3,(H,19,20)/t10-/m1/s1. The Labute approximate surface area is 127 Å². The summed E-state index contributed by atoms with van der Waals surface area (Å²) in [5, 5.41) is 13.6. The van der Waals surface area contributed by atoms with Crippen molar-refractivity contribution in [1.29, 1.82) is 5.26 Å². The van der Waals surface area contributed by atoms with E-state index in [2.05, 4.69) is 10.3 Å². The lowest BCUT2D eigenvalue weighted by atomic mass is 10.2. The number of benzene rings is 1. The van der Waals surface area contributed by atoms with Gasteiger partial charge in [0, 0.05) is 5.39 Å². The van der Waals surface area contributed by atoms with Crippen LogP contribution in [-0.2, 0) is 0 Å². The molecule has 0 fully saturated rings. The number of para-hydroxylation sites is 1. The van der Waals surface area contributed by atoms with Gasteiger partial charge in [0.1, 0.15) is 23.2 Å². The van der Waals surface area contributed by atoms with Crippen molar-refractivity contribution < 1.29 is 4.42 Å². The first-order valence-corrected chi connectivity index (χ1v) is 6.87. The number of halogens is 1. The van der Waals surface area contributed by atoms with E-state index in [4.69, 9.17) is 21.3 Å². The van der Waals surface area contributed by atoms with E-state index in [0.29, 0.717) is 10.8 Å². The monoisotopic (exact) mass is 297 g/mol. The molecule has 0 radical (unpaired) electrons. The van der Waals surface area contributed by atoms with Crippen LogP contribution in [0.5, 0.6) is 0 Å². The maximum Gasteiger partial charge on any atom is 0.161 e. The smallest absolute Gasteiger partial charge is 0.161 e. The Balaban J connectivity index is 1.86. The SMILES string of the molecule is C[C@@H](Nc1ccc(Cl)c(C#N)n1)c1cc2ccccc2o1. The van der Waals surface area contributed by atoms with Crippen molar-refractivity contribution in [2.75, 3.05) is 5.32 Å².